The van der Waals surface area contributed by atoms with Gasteiger partial charge >= 0.3 is 0 Å². The first kappa shape index (κ1) is 11.9. The molecule has 0 aliphatic carbocycles. The predicted octanol–water partition coefficient (Wildman–Crippen LogP) is 2.78. The number of hydrogen-bond donors (Lipinski definition) is 0. The second-order valence-corrected chi connectivity index (χ2v) is 5.98. The lowest BCUT2D eigenvalue weighted by Gasteiger charge is -2.15. The first-order valence-electron chi connectivity index (χ1n) is 6.45. The maximum absolute atomic E-state index is 4.66. The van der Waals surface area contributed by atoms with E-state index in [4.69, 9.17) is 0 Å². The number of likely N-dealkylation sites (tertiary alicyclic amines) is 1. The summed E-state index contributed by atoms with van der Waals surface area (Å²) >= 11 is 1.78. The molecule has 4 heteroatoms. The maximum atomic E-state index is 4.66. The van der Waals surface area contributed by atoms with Gasteiger partial charge in [0, 0.05) is 32.3 Å². The van der Waals surface area contributed by atoms with Crippen LogP contribution in [0.1, 0.15) is 29.4 Å². The Morgan fingerprint density at radius 3 is 3.06 bits per heavy atom. The molecule has 2 aromatic rings. The van der Waals surface area contributed by atoms with E-state index in [0.717, 1.165) is 18.8 Å². The molecule has 0 spiro atoms. The zero-order valence-corrected chi connectivity index (χ0v) is 11.8. The molecule has 0 bridgehead atoms. The average Bonchev–Trinajstić information content (AvgIpc) is 3.01. The third kappa shape index (κ3) is 2.35. The van der Waals surface area contributed by atoms with Crippen molar-refractivity contribution in [2.75, 3.05) is 13.1 Å². The summed E-state index contributed by atoms with van der Waals surface area (Å²) < 4.78 is 2.19. The van der Waals surface area contributed by atoms with Gasteiger partial charge in [0.25, 0.3) is 0 Å². The van der Waals surface area contributed by atoms with E-state index in [2.05, 4.69) is 51.4 Å². The average molecular weight is 261 g/mol. The van der Waals surface area contributed by atoms with E-state index in [0.29, 0.717) is 5.92 Å². The van der Waals surface area contributed by atoms with Crippen molar-refractivity contribution in [1.82, 2.24) is 14.5 Å². The number of imidazole rings is 1. The molecule has 0 amide bonds. The van der Waals surface area contributed by atoms with Crippen molar-refractivity contribution in [3.63, 3.8) is 0 Å². The van der Waals surface area contributed by atoms with E-state index in [9.17, 15) is 0 Å². The highest BCUT2D eigenvalue weighted by Crippen LogP contribution is 2.27. The molecule has 1 atom stereocenters. The Bertz CT molecular complexity index is 515. The fourth-order valence-electron chi connectivity index (χ4n) is 2.84. The fraction of sp³-hybridized carbons (Fsp3) is 0.500. The molecule has 1 aliphatic rings. The molecule has 2 aromatic heterocycles. The van der Waals surface area contributed by atoms with Crippen molar-refractivity contribution in [2.45, 2.75) is 25.8 Å². The van der Waals surface area contributed by atoms with Gasteiger partial charge < -0.3 is 4.57 Å². The molecule has 3 heterocycles. The molecule has 1 fully saturated rings. The first-order chi connectivity index (χ1) is 8.72. The Kier molecular flexibility index (Phi) is 3.22. The molecular formula is C14H19N3S. The van der Waals surface area contributed by atoms with Crippen LogP contribution in [-0.4, -0.2) is 27.5 Å². The van der Waals surface area contributed by atoms with Crippen LogP contribution in [0.5, 0.6) is 0 Å². The lowest BCUT2D eigenvalue weighted by molar-refractivity contribution is 0.325. The summed E-state index contributed by atoms with van der Waals surface area (Å²) in [7, 11) is 2.11. The van der Waals surface area contributed by atoms with E-state index in [-0.39, 0.29) is 0 Å². The SMILES string of the molecule is Cc1cn(C)c([C@H]2CCN(Cc3ccsc3)C2)n1. The number of rotatable bonds is 3. The number of thiophene rings is 1. The molecule has 1 saturated heterocycles. The standard InChI is InChI=1S/C14H19N3S/c1-11-7-16(2)14(15-11)13-3-5-17(9-13)8-12-4-6-18-10-12/h4,6-7,10,13H,3,5,8-9H2,1-2H3/t13-/m0/s1. The van der Waals surface area contributed by atoms with Crippen LogP contribution in [0, 0.1) is 6.92 Å². The minimum absolute atomic E-state index is 0.599. The van der Waals surface area contributed by atoms with Gasteiger partial charge in [-0.3, -0.25) is 4.90 Å². The van der Waals surface area contributed by atoms with Crippen molar-refractivity contribution in [1.29, 1.82) is 0 Å². The van der Waals surface area contributed by atoms with Crippen LogP contribution in [0.2, 0.25) is 0 Å². The first-order valence-corrected chi connectivity index (χ1v) is 7.40. The molecule has 0 N–H and O–H groups in total. The summed E-state index contributed by atoms with van der Waals surface area (Å²) in [5.74, 6) is 1.85. The summed E-state index contributed by atoms with van der Waals surface area (Å²) in [4.78, 5) is 7.20. The van der Waals surface area contributed by atoms with Gasteiger partial charge in [-0.15, -0.1) is 0 Å². The van der Waals surface area contributed by atoms with Gasteiger partial charge in [0.15, 0.2) is 0 Å². The van der Waals surface area contributed by atoms with Gasteiger partial charge in [0.2, 0.25) is 0 Å². The molecule has 0 aromatic carbocycles. The van der Waals surface area contributed by atoms with Crippen molar-refractivity contribution in [3.05, 3.63) is 40.1 Å². The topological polar surface area (TPSA) is 21.1 Å². The van der Waals surface area contributed by atoms with Crippen LogP contribution in [-0.2, 0) is 13.6 Å². The minimum atomic E-state index is 0.599. The van der Waals surface area contributed by atoms with Crippen molar-refractivity contribution in [2.24, 2.45) is 7.05 Å². The Morgan fingerprint density at radius 1 is 1.50 bits per heavy atom. The molecule has 0 saturated carbocycles. The summed E-state index contributed by atoms with van der Waals surface area (Å²) in [6, 6.07) is 2.23. The number of nitrogens with zero attached hydrogens (tertiary/aromatic N) is 3. The van der Waals surface area contributed by atoms with Gasteiger partial charge in [-0.2, -0.15) is 11.3 Å². The maximum Gasteiger partial charge on any atom is 0.113 e. The van der Waals surface area contributed by atoms with Gasteiger partial charge in [-0.1, -0.05) is 0 Å². The predicted molar refractivity (Wildman–Crippen MR) is 74.9 cm³/mol. The molecule has 0 radical (unpaired) electrons. The molecule has 3 nitrogen and oxygen atoms in total. The lowest BCUT2D eigenvalue weighted by atomic mass is 10.1. The third-order valence-corrected chi connectivity index (χ3v) is 4.39. The summed E-state index contributed by atoms with van der Waals surface area (Å²) in [5.41, 5.74) is 2.57. The van der Waals surface area contributed by atoms with Gasteiger partial charge in [0.1, 0.15) is 5.82 Å². The van der Waals surface area contributed by atoms with E-state index in [1.54, 1.807) is 11.3 Å². The Morgan fingerprint density at radius 2 is 2.39 bits per heavy atom. The summed E-state index contributed by atoms with van der Waals surface area (Å²) in [6.45, 7) is 5.48. The lowest BCUT2D eigenvalue weighted by Crippen LogP contribution is -2.20. The van der Waals surface area contributed by atoms with Crippen LogP contribution < -0.4 is 0 Å². The van der Waals surface area contributed by atoms with E-state index < -0.39 is 0 Å². The van der Waals surface area contributed by atoms with Crippen LogP contribution in [0.15, 0.2) is 23.0 Å². The van der Waals surface area contributed by atoms with Gasteiger partial charge in [0.05, 0.1) is 5.69 Å². The van der Waals surface area contributed by atoms with E-state index in [1.165, 1.54) is 24.4 Å². The van der Waals surface area contributed by atoms with Crippen LogP contribution in [0.4, 0.5) is 0 Å². The zero-order chi connectivity index (χ0) is 12.5. The van der Waals surface area contributed by atoms with Gasteiger partial charge in [-0.25, -0.2) is 4.98 Å². The van der Waals surface area contributed by atoms with Crippen LogP contribution in [0.3, 0.4) is 0 Å². The van der Waals surface area contributed by atoms with Gasteiger partial charge in [-0.05, 0) is 42.3 Å². The fourth-order valence-corrected chi connectivity index (χ4v) is 3.50. The number of aromatic nitrogens is 2. The smallest absolute Gasteiger partial charge is 0.113 e. The highest BCUT2D eigenvalue weighted by Gasteiger charge is 2.26. The molecule has 96 valence electrons. The zero-order valence-electron chi connectivity index (χ0n) is 11.0. The molecule has 1 aliphatic heterocycles. The molecule has 3 rings (SSSR count). The van der Waals surface area contributed by atoms with Crippen molar-refractivity contribution in [3.8, 4) is 0 Å². The highest BCUT2D eigenvalue weighted by atomic mass is 32.1. The molecule has 0 unspecified atom stereocenters. The monoisotopic (exact) mass is 261 g/mol. The minimum Gasteiger partial charge on any atom is -0.337 e. The summed E-state index contributed by atoms with van der Waals surface area (Å²) in [5, 5.41) is 4.41. The highest BCUT2D eigenvalue weighted by molar-refractivity contribution is 7.07. The third-order valence-electron chi connectivity index (χ3n) is 3.66. The normalized spacial score (nSPS) is 20.7. The number of hydrogen-bond acceptors (Lipinski definition) is 3. The Hall–Kier alpha value is -1.13. The van der Waals surface area contributed by atoms with E-state index >= 15 is 0 Å². The molecular weight excluding hydrogens is 242 g/mol. The van der Waals surface area contributed by atoms with Crippen molar-refractivity contribution >= 4 is 11.3 Å². The molecule has 18 heavy (non-hydrogen) atoms. The van der Waals surface area contributed by atoms with Crippen LogP contribution in [0.25, 0.3) is 0 Å². The largest absolute Gasteiger partial charge is 0.337 e. The second kappa shape index (κ2) is 4.86. The van der Waals surface area contributed by atoms with Crippen molar-refractivity contribution < 1.29 is 0 Å². The quantitative estimate of drug-likeness (QED) is 0.847. The number of aryl methyl sites for hydroxylation is 2. The van der Waals surface area contributed by atoms with E-state index in [1.807, 2.05) is 0 Å². The van der Waals surface area contributed by atoms with Crippen LogP contribution >= 0.6 is 11.3 Å². The Labute approximate surface area is 112 Å². The second-order valence-electron chi connectivity index (χ2n) is 5.20. The Balaban J connectivity index is 1.66. The summed E-state index contributed by atoms with van der Waals surface area (Å²) in [6.07, 6.45) is 3.35.